The van der Waals surface area contributed by atoms with Crippen LogP contribution in [0, 0.1) is 0 Å². The van der Waals surface area contributed by atoms with Gasteiger partial charge in [-0.3, -0.25) is 0 Å². The van der Waals surface area contributed by atoms with Crippen LogP contribution in [0.1, 0.15) is 0 Å². The van der Waals surface area contributed by atoms with Crippen LogP contribution >= 0.6 is 0 Å². The van der Waals surface area contributed by atoms with Crippen LogP contribution in [0.2, 0.25) is 0 Å². The topological polar surface area (TPSA) is 29.5 Å². The highest BCUT2D eigenvalue weighted by molar-refractivity contribution is 6.17. The first kappa shape index (κ1) is 34.9. The van der Waals surface area contributed by atoms with E-state index in [1.165, 1.54) is 21.9 Å². The Morgan fingerprint density at radius 3 is 1.70 bits per heavy atom. The Balaban J connectivity index is 1.01. The number of benzene rings is 10. The molecule has 0 saturated heterocycles. The van der Waals surface area contributed by atoms with Gasteiger partial charge in [-0.1, -0.05) is 152 Å². The zero-order chi connectivity index (χ0) is 40.3. The monoisotopic (exact) mass is 779 g/mol. The second kappa shape index (κ2) is 14.3. The van der Waals surface area contributed by atoms with Crippen molar-refractivity contribution in [2.75, 3.05) is 4.90 Å². The first-order chi connectivity index (χ1) is 30.2. The Bertz CT molecular complexity index is 3600. The largest absolute Gasteiger partial charge is 0.456 e. The predicted octanol–water partition coefficient (Wildman–Crippen LogP) is 16.8. The van der Waals surface area contributed by atoms with Gasteiger partial charge in [0.2, 0.25) is 0 Å². The zero-order valence-corrected chi connectivity index (χ0v) is 33.1. The first-order valence-corrected chi connectivity index (χ1v) is 20.7. The zero-order valence-electron chi connectivity index (χ0n) is 33.1. The average molecular weight is 780 g/mol. The van der Waals surface area contributed by atoms with E-state index in [0.29, 0.717) is 0 Å². The minimum absolute atomic E-state index is 0.861. The Kier molecular flexibility index (Phi) is 8.17. The number of nitrogens with zero attached hydrogens (tertiary/aromatic N) is 1. The minimum Gasteiger partial charge on any atom is -0.456 e. The second-order valence-corrected chi connectivity index (χ2v) is 15.7. The molecular formula is C58H37NO2. The lowest BCUT2D eigenvalue weighted by Gasteiger charge is -2.27. The highest BCUT2D eigenvalue weighted by Crippen LogP contribution is 2.47. The van der Waals surface area contributed by atoms with Gasteiger partial charge in [0.05, 0.1) is 11.1 Å². The lowest BCUT2D eigenvalue weighted by Crippen LogP contribution is -2.10. The van der Waals surface area contributed by atoms with Crippen LogP contribution in [0.4, 0.5) is 17.1 Å². The molecule has 0 radical (unpaired) electrons. The third-order valence-electron chi connectivity index (χ3n) is 12.1. The standard InChI is InChI=1S/C58H37NO2/c1-2-13-40(14-3-1)49-32-33-53(57-52-21-7-9-23-55(52)61-58(49)57)59(47-29-26-39(27-30-47)45-25-24-38-12-4-5-15-41(38)34-45)48-19-11-18-44(36-48)42-16-10-17-43(35-42)46-28-31-51-50-20-6-8-22-54(50)60-56(51)37-46/h1-37H. The van der Waals surface area contributed by atoms with Crippen molar-refractivity contribution in [2.24, 2.45) is 0 Å². The molecule has 0 aliphatic rings. The molecular weight excluding hydrogens is 743 g/mol. The lowest BCUT2D eigenvalue weighted by atomic mass is 9.97. The Labute approximate surface area is 353 Å². The van der Waals surface area contributed by atoms with E-state index in [1.54, 1.807) is 0 Å². The number of furan rings is 2. The van der Waals surface area contributed by atoms with Gasteiger partial charge >= 0.3 is 0 Å². The molecule has 0 unspecified atom stereocenters. The lowest BCUT2D eigenvalue weighted by molar-refractivity contribution is 0.669. The molecule has 0 N–H and O–H groups in total. The van der Waals surface area contributed by atoms with E-state index in [9.17, 15) is 0 Å². The van der Waals surface area contributed by atoms with Crippen LogP contribution in [-0.4, -0.2) is 0 Å². The van der Waals surface area contributed by atoms with Gasteiger partial charge < -0.3 is 13.7 Å². The van der Waals surface area contributed by atoms with E-state index in [-0.39, 0.29) is 0 Å². The normalized spacial score (nSPS) is 11.6. The van der Waals surface area contributed by atoms with E-state index in [1.807, 2.05) is 18.2 Å². The highest BCUT2D eigenvalue weighted by Gasteiger charge is 2.23. The fourth-order valence-corrected chi connectivity index (χ4v) is 9.05. The van der Waals surface area contributed by atoms with Crippen molar-refractivity contribution in [2.45, 2.75) is 0 Å². The molecule has 12 rings (SSSR count). The van der Waals surface area contributed by atoms with Gasteiger partial charge in [-0.2, -0.15) is 0 Å². The number of rotatable bonds is 7. The molecule has 12 aromatic rings. The number of anilines is 3. The van der Waals surface area contributed by atoms with Crippen LogP contribution in [0.25, 0.3) is 99.2 Å². The van der Waals surface area contributed by atoms with Gasteiger partial charge in [0, 0.05) is 33.1 Å². The number of hydrogen-bond acceptors (Lipinski definition) is 3. The van der Waals surface area contributed by atoms with Crippen LogP contribution in [0.3, 0.4) is 0 Å². The molecule has 286 valence electrons. The van der Waals surface area contributed by atoms with Gasteiger partial charge in [0.15, 0.2) is 0 Å². The van der Waals surface area contributed by atoms with Crippen molar-refractivity contribution >= 4 is 71.7 Å². The molecule has 3 heteroatoms. The molecule has 61 heavy (non-hydrogen) atoms. The Morgan fingerprint density at radius 1 is 0.295 bits per heavy atom. The molecule has 0 amide bonds. The molecule has 0 aliphatic heterocycles. The number of hydrogen-bond donors (Lipinski definition) is 0. The van der Waals surface area contributed by atoms with Crippen LogP contribution in [0.15, 0.2) is 233 Å². The summed E-state index contributed by atoms with van der Waals surface area (Å²) >= 11 is 0. The van der Waals surface area contributed by atoms with Crippen molar-refractivity contribution in [3.05, 3.63) is 224 Å². The fraction of sp³-hybridized carbons (Fsp3) is 0. The van der Waals surface area contributed by atoms with Crippen LogP contribution in [0.5, 0.6) is 0 Å². The van der Waals surface area contributed by atoms with Crippen molar-refractivity contribution in [3.63, 3.8) is 0 Å². The van der Waals surface area contributed by atoms with Gasteiger partial charge in [0.1, 0.15) is 22.3 Å². The molecule has 0 aliphatic carbocycles. The summed E-state index contributed by atoms with van der Waals surface area (Å²) in [6.07, 6.45) is 0. The molecule has 2 heterocycles. The summed E-state index contributed by atoms with van der Waals surface area (Å²) in [6, 6.07) is 80.0. The van der Waals surface area contributed by atoms with Gasteiger partial charge in [-0.25, -0.2) is 0 Å². The summed E-state index contributed by atoms with van der Waals surface area (Å²) in [5.74, 6) is 0. The molecule has 0 bridgehead atoms. The minimum atomic E-state index is 0.861. The summed E-state index contributed by atoms with van der Waals surface area (Å²) in [6.45, 7) is 0. The van der Waals surface area contributed by atoms with E-state index in [0.717, 1.165) is 94.3 Å². The predicted molar refractivity (Wildman–Crippen MR) is 255 cm³/mol. The van der Waals surface area contributed by atoms with Crippen molar-refractivity contribution in [1.29, 1.82) is 0 Å². The fourth-order valence-electron chi connectivity index (χ4n) is 9.05. The maximum absolute atomic E-state index is 6.77. The summed E-state index contributed by atoms with van der Waals surface area (Å²) in [5.41, 5.74) is 15.7. The molecule has 0 spiro atoms. The Morgan fingerprint density at radius 2 is 0.885 bits per heavy atom. The molecule has 0 saturated carbocycles. The smallest absolute Gasteiger partial charge is 0.145 e. The van der Waals surface area contributed by atoms with Crippen LogP contribution in [-0.2, 0) is 0 Å². The van der Waals surface area contributed by atoms with E-state index < -0.39 is 0 Å². The van der Waals surface area contributed by atoms with Gasteiger partial charge in [0.25, 0.3) is 0 Å². The third kappa shape index (κ3) is 6.06. The van der Waals surface area contributed by atoms with Crippen molar-refractivity contribution < 1.29 is 8.83 Å². The third-order valence-corrected chi connectivity index (χ3v) is 12.1. The molecule has 3 nitrogen and oxygen atoms in total. The first-order valence-electron chi connectivity index (χ1n) is 20.7. The summed E-state index contributed by atoms with van der Waals surface area (Å²) in [5, 5.41) is 6.89. The Hall–Kier alpha value is -8.14. The summed E-state index contributed by atoms with van der Waals surface area (Å²) in [7, 11) is 0. The van der Waals surface area contributed by atoms with Crippen molar-refractivity contribution in [1.82, 2.24) is 0 Å². The van der Waals surface area contributed by atoms with E-state index in [4.69, 9.17) is 8.83 Å². The van der Waals surface area contributed by atoms with Crippen molar-refractivity contribution in [3.8, 4) is 44.5 Å². The highest BCUT2D eigenvalue weighted by atomic mass is 16.3. The summed E-state index contributed by atoms with van der Waals surface area (Å²) < 4.78 is 13.0. The van der Waals surface area contributed by atoms with Gasteiger partial charge in [-0.05, 0) is 123 Å². The number of fused-ring (bicyclic) bond motifs is 7. The molecule has 2 aromatic heterocycles. The SMILES string of the molecule is c1ccc(-c2ccc(N(c3ccc(-c4ccc5ccccc5c4)cc3)c3cccc(-c4cccc(-c5ccc6c(c5)oc5ccccc56)c4)c3)c3c2oc2ccccc23)cc1. The van der Waals surface area contributed by atoms with E-state index in [2.05, 4.69) is 211 Å². The van der Waals surface area contributed by atoms with Crippen LogP contribution < -0.4 is 4.90 Å². The summed E-state index contributed by atoms with van der Waals surface area (Å²) in [4.78, 5) is 2.38. The maximum atomic E-state index is 6.77. The van der Waals surface area contributed by atoms with E-state index >= 15 is 0 Å². The molecule has 0 fully saturated rings. The average Bonchev–Trinajstić information content (AvgIpc) is 3.91. The second-order valence-electron chi connectivity index (χ2n) is 15.7. The quantitative estimate of drug-likeness (QED) is 0.161. The van der Waals surface area contributed by atoms with Gasteiger partial charge in [-0.15, -0.1) is 0 Å². The molecule has 0 atom stereocenters. The molecule has 10 aromatic carbocycles. The number of para-hydroxylation sites is 2. The maximum Gasteiger partial charge on any atom is 0.145 e.